The van der Waals surface area contributed by atoms with Crippen molar-refractivity contribution in [2.75, 3.05) is 13.7 Å². The Kier molecular flexibility index (Phi) is 4.12. The molecule has 1 aromatic heterocycles. The van der Waals surface area contributed by atoms with Crippen molar-refractivity contribution in [1.82, 2.24) is 20.3 Å². The average Bonchev–Trinajstić information content (AvgIpc) is 2.92. The van der Waals surface area contributed by atoms with E-state index in [1.807, 2.05) is 17.9 Å². The first-order valence-electron chi connectivity index (χ1n) is 6.45. The van der Waals surface area contributed by atoms with E-state index in [4.69, 9.17) is 4.74 Å². The molecule has 0 bridgehead atoms. The van der Waals surface area contributed by atoms with Gasteiger partial charge in [-0.3, -0.25) is 0 Å². The molecule has 0 amide bonds. The van der Waals surface area contributed by atoms with Crippen molar-refractivity contribution in [3.05, 3.63) is 11.9 Å². The third-order valence-corrected chi connectivity index (χ3v) is 3.49. The number of hydrogen-bond acceptors (Lipinski definition) is 4. The van der Waals surface area contributed by atoms with Crippen LogP contribution in [-0.4, -0.2) is 34.8 Å². The third kappa shape index (κ3) is 2.50. The van der Waals surface area contributed by atoms with Crippen molar-refractivity contribution in [3.8, 4) is 0 Å². The smallest absolute Gasteiger partial charge is 0.0811 e. The average molecular weight is 238 g/mol. The highest BCUT2D eigenvalue weighted by molar-refractivity contribution is 5.06. The number of likely N-dealkylation sites (N-methyl/N-ethyl adjacent to an activating group) is 1. The van der Waals surface area contributed by atoms with Crippen molar-refractivity contribution in [2.24, 2.45) is 5.92 Å². The van der Waals surface area contributed by atoms with Crippen LogP contribution < -0.4 is 5.32 Å². The van der Waals surface area contributed by atoms with E-state index in [1.54, 1.807) is 0 Å². The minimum atomic E-state index is 0.189. The van der Waals surface area contributed by atoms with E-state index in [-0.39, 0.29) is 12.1 Å². The molecule has 0 saturated carbocycles. The number of ether oxygens (including phenoxy) is 1. The van der Waals surface area contributed by atoms with Crippen LogP contribution in [0.1, 0.15) is 38.4 Å². The maximum absolute atomic E-state index is 5.84. The molecule has 1 saturated heterocycles. The molecule has 17 heavy (non-hydrogen) atoms. The normalized spacial score (nSPS) is 26.3. The molecule has 0 aromatic carbocycles. The summed E-state index contributed by atoms with van der Waals surface area (Å²) >= 11 is 0. The summed E-state index contributed by atoms with van der Waals surface area (Å²) in [6, 6.07) is 0.189. The first-order chi connectivity index (χ1) is 8.27. The molecule has 1 aliphatic rings. The summed E-state index contributed by atoms with van der Waals surface area (Å²) in [6.07, 6.45) is 4.28. The zero-order chi connectivity index (χ0) is 12.3. The van der Waals surface area contributed by atoms with Gasteiger partial charge in [-0.05, 0) is 25.8 Å². The van der Waals surface area contributed by atoms with Crippen LogP contribution in [0.5, 0.6) is 0 Å². The Morgan fingerprint density at radius 3 is 3.06 bits per heavy atom. The van der Waals surface area contributed by atoms with Crippen LogP contribution in [0.2, 0.25) is 0 Å². The molecule has 5 heteroatoms. The van der Waals surface area contributed by atoms with Crippen LogP contribution in [0, 0.1) is 5.92 Å². The minimum Gasteiger partial charge on any atom is -0.376 e. The quantitative estimate of drug-likeness (QED) is 0.842. The fourth-order valence-corrected chi connectivity index (χ4v) is 2.52. The number of rotatable bonds is 5. The molecule has 5 nitrogen and oxygen atoms in total. The van der Waals surface area contributed by atoms with E-state index >= 15 is 0 Å². The van der Waals surface area contributed by atoms with Crippen LogP contribution in [-0.2, 0) is 11.3 Å². The molecule has 2 heterocycles. The maximum Gasteiger partial charge on any atom is 0.0811 e. The van der Waals surface area contributed by atoms with Gasteiger partial charge in [0.15, 0.2) is 0 Å². The van der Waals surface area contributed by atoms with E-state index in [1.165, 1.54) is 0 Å². The molecule has 1 fully saturated rings. The lowest BCUT2D eigenvalue weighted by molar-refractivity contribution is 0.0603. The lowest BCUT2D eigenvalue weighted by atomic mass is 9.96. The Morgan fingerprint density at radius 2 is 2.47 bits per heavy atom. The summed E-state index contributed by atoms with van der Waals surface area (Å²) in [4.78, 5) is 0. The Hall–Kier alpha value is -0.940. The number of hydrogen-bond donors (Lipinski definition) is 1. The SMILES string of the molecule is CCCn1nncc1C(NC)C1OCCC1C. The molecule has 3 unspecified atom stereocenters. The molecule has 3 atom stereocenters. The van der Waals surface area contributed by atoms with E-state index in [0.717, 1.165) is 31.7 Å². The van der Waals surface area contributed by atoms with Gasteiger partial charge in [0.25, 0.3) is 0 Å². The van der Waals surface area contributed by atoms with Gasteiger partial charge < -0.3 is 10.1 Å². The molecule has 0 aliphatic carbocycles. The van der Waals surface area contributed by atoms with Gasteiger partial charge in [-0.25, -0.2) is 4.68 Å². The summed E-state index contributed by atoms with van der Waals surface area (Å²) < 4.78 is 7.83. The van der Waals surface area contributed by atoms with Crippen LogP contribution >= 0.6 is 0 Å². The molecular formula is C12H22N4O. The van der Waals surface area contributed by atoms with Crippen molar-refractivity contribution in [3.63, 3.8) is 0 Å². The highest BCUT2D eigenvalue weighted by Gasteiger charge is 2.34. The molecule has 96 valence electrons. The molecule has 1 aromatic rings. The van der Waals surface area contributed by atoms with Gasteiger partial charge >= 0.3 is 0 Å². The van der Waals surface area contributed by atoms with Gasteiger partial charge in [0.1, 0.15) is 0 Å². The number of aromatic nitrogens is 3. The Morgan fingerprint density at radius 1 is 1.65 bits per heavy atom. The van der Waals surface area contributed by atoms with Gasteiger partial charge in [0, 0.05) is 13.2 Å². The monoisotopic (exact) mass is 238 g/mol. The highest BCUT2D eigenvalue weighted by Crippen LogP contribution is 2.30. The maximum atomic E-state index is 5.84. The zero-order valence-corrected chi connectivity index (χ0v) is 10.9. The van der Waals surface area contributed by atoms with Gasteiger partial charge in [0.05, 0.1) is 24.0 Å². The van der Waals surface area contributed by atoms with Gasteiger partial charge in [-0.1, -0.05) is 19.1 Å². The summed E-state index contributed by atoms with van der Waals surface area (Å²) in [7, 11) is 1.97. The van der Waals surface area contributed by atoms with E-state index in [9.17, 15) is 0 Å². The Bertz CT molecular complexity index is 352. The molecular weight excluding hydrogens is 216 g/mol. The first-order valence-corrected chi connectivity index (χ1v) is 6.45. The Labute approximate surface area is 103 Å². The minimum absolute atomic E-state index is 0.189. The van der Waals surface area contributed by atoms with Crippen LogP contribution in [0.25, 0.3) is 0 Å². The van der Waals surface area contributed by atoms with Gasteiger partial charge in [-0.15, -0.1) is 5.10 Å². The predicted octanol–water partition coefficient (Wildman–Crippen LogP) is 1.37. The molecule has 1 aliphatic heterocycles. The van der Waals surface area contributed by atoms with Gasteiger partial charge in [0.2, 0.25) is 0 Å². The van der Waals surface area contributed by atoms with Crippen LogP contribution in [0.15, 0.2) is 6.20 Å². The number of nitrogens with one attached hydrogen (secondary N) is 1. The molecule has 2 rings (SSSR count). The summed E-state index contributed by atoms with van der Waals surface area (Å²) in [5.41, 5.74) is 1.13. The second kappa shape index (κ2) is 5.60. The van der Waals surface area contributed by atoms with E-state index in [2.05, 4.69) is 29.5 Å². The number of aryl methyl sites for hydroxylation is 1. The third-order valence-electron chi connectivity index (χ3n) is 3.49. The molecule has 0 spiro atoms. The lowest BCUT2D eigenvalue weighted by Gasteiger charge is -2.25. The largest absolute Gasteiger partial charge is 0.376 e. The van der Waals surface area contributed by atoms with Gasteiger partial charge in [-0.2, -0.15) is 0 Å². The summed E-state index contributed by atoms with van der Waals surface area (Å²) in [5.74, 6) is 0.581. The summed E-state index contributed by atoms with van der Waals surface area (Å²) in [5, 5.41) is 11.5. The lowest BCUT2D eigenvalue weighted by Crippen LogP contribution is -2.34. The molecule has 0 radical (unpaired) electrons. The second-order valence-electron chi connectivity index (χ2n) is 4.75. The van der Waals surface area contributed by atoms with Crippen LogP contribution in [0.4, 0.5) is 0 Å². The zero-order valence-electron chi connectivity index (χ0n) is 10.9. The number of nitrogens with zero attached hydrogens (tertiary/aromatic N) is 3. The van der Waals surface area contributed by atoms with Crippen molar-refractivity contribution < 1.29 is 4.74 Å². The topological polar surface area (TPSA) is 52.0 Å². The van der Waals surface area contributed by atoms with Crippen LogP contribution in [0.3, 0.4) is 0 Å². The first kappa shape index (κ1) is 12.5. The fourth-order valence-electron chi connectivity index (χ4n) is 2.52. The summed E-state index contributed by atoms with van der Waals surface area (Å²) in [6.45, 7) is 6.17. The second-order valence-corrected chi connectivity index (χ2v) is 4.75. The standard InChI is InChI=1S/C12H22N4O/c1-4-6-16-10(8-14-15-16)11(13-3)12-9(2)5-7-17-12/h8-9,11-13H,4-7H2,1-3H3. The van der Waals surface area contributed by atoms with E-state index < -0.39 is 0 Å². The fraction of sp³-hybridized carbons (Fsp3) is 0.833. The van der Waals surface area contributed by atoms with Crippen molar-refractivity contribution in [1.29, 1.82) is 0 Å². The van der Waals surface area contributed by atoms with E-state index in [0.29, 0.717) is 5.92 Å². The predicted molar refractivity (Wildman–Crippen MR) is 65.6 cm³/mol. The Balaban J connectivity index is 2.19. The van der Waals surface area contributed by atoms with Crippen molar-refractivity contribution in [2.45, 2.75) is 45.4 Å². The molecule has 1 N–H and O–H groups in total. The highest BCUT2D eigenvalue weighted by atomic mass is 16.5. The van der Waals surface area contributed by atoms with Crippen molar-refractivity contribution >= 4 is 0 Å².